The first-order valence-corrected chi connectivity index (χ1v) is 7.14. The Morgan fingerprint density at radius 2 is 2.06 bits per heavy atom. The molecular formula is C14H16N2OS. The molecule has 0 saturated heterocycles. The molecule has 1 saturated carbocycles. The van der Waals surface area contributed by atoms with Gasteiger partial charge in [0.2, 0.25) is 0 Å². The van der Waals surface area contributed by atoms with Crippen molar-refractivity contribution in [3.05, 3.63) is 56.6 Å². The van der Waals surface area contributed by atoms with Crippen molar-refractivity contribution in [1.29, 1.82) is 0 Å². The second-order valence-corrected chi connectivity index (χ2v) is 5.67. The lowest BCUT2D eigenvalue weighted by Crippen LogP contribution is -2.39. The van der Waals surface area contributed by atoms with E-state index in [0.717, 1.165) is 12.2 Å². The molecule has 1 aliphatic carbocycles. The van der Waals surface area contributed by atoms with Gasteiger partial charge in [-0.3, -0.25) is 4.79 Å². The van der Waals surface area contributed by atoms with Crippen molar-refractivity contribution in [2.75, 3.05) is 0 Å². The van der Waals surface area contributed by atoms with Gasteiger partial charge in [-0.25, -0.2) is 0 Å². The molecule has 0 spiro atoms. The summed E-state index contributed by atoms with van der Waals surface area (Å²) in [6, 6.07) is 11.3. The summed E-state index contributed by atoms with van der Waals surface area (Å²) < 4.78 is 0. The van der Waals surface area contributed by atoms with E-state index in [1.165, 1.54) is 29.7 Å². The van der Waals surface area contributed by atoms with Crippen molar-refractivity contribution in [3.8, 4) is 0 Å². The molecule has 4 heteroatoms. The Hall–Kier alpha value is -1.39. The maximum Gasteiger partial charge on any atom is 0.304 e. The molecule has 0 amide bonds. The number of aromatic amines is 1. The lowest BCUT2D eigenvalue weighted by atomic mass is 9.76. The second kappa shape index (κ2) is 5.08. The molecule has 2 aromatic rings. The molecule has 2 N–H and O–H groups in total. The second-order valence-electron chi connectivity index (χ2n) is 4.83. The lowest BCUT2D eigenvalue weighted by Gasteiger charge is -2.36. The van der Waals surface area contributed by atoms with Crippen LogP contribution in [0.15, 0.2) is 40.5 Å². The molecule has 0 unspecified atom stereocenters. The number of aromatic nitrogens is 1. The number of benzene rings is 1. The van der Waals surface area contributed by atoms with E-state index >= 15 is 0 Å². The highest BCUT2D eigenvalue weighted by atomic mass is 32.1. The van der Waals surface area contributed by atoms with Crippen LogP contribution in [0.1, 0.15) is 30.0 Å². The van der Waals surface area contributed by atoms with Crippen LogP contribution in [-0.2, 0) is 6.54 Å². The van der Waals surface area contributed by atoms with E-state index in [4.69, 9.17) is 0 Å². The van der Waals surface area contributed by atoms with Gasteiger partial charge in [0.1, 0.15) is 0 Å². The zero-order chi connectivity index (χ0) is 12.4. The maximum atomic E-state index is 11.0. The molecule has 0 bridgehead atoms. The van der Waals surface area contributed by atoms with Gasteiger partial charge in [-0.15, -0.1) is 0 Å². The number of nitrogens with one attached hydrogen (secondary N) is 2. The van der Waals surface area contributed by atoms with Crippen LogP contribution in [0.5, 0.6) is 0 Å². The zero-order valence-corrected chi connectivity index (χ0v) is 10.9. The Kier molecular flexibility index (Phi) is 3.30. The lowest BCUT2D eigenvalue weighted by molar-refractivity contribution is 0.289. The van der Waals surface area contributed by atoms with E-state index < -0.39 is 0 Å². The summed E-state index contributed by atoms with van der Waals surface area (Å²) in [7, 11) is 0. The Labute approximate surface area is 110 Å². The topological polar surface area (TPSA) is 44.9 Å². The highest BCUT2D eigenvalue weighted by molar-refractivity contribution is 7.07. The summed E-state index contributed by atoms with van der Waals surface area (Å²) in [5, 5.41) is 5.38. The predicted octanol–water partition coefficient (Wildman–Crippen LogP) is 2.47. The predicted molar refractivity (Wildman–Crippen MR) is 74.0 cm³/mol. The van der Waals surface area contributed by atoms with Gasteiger partial charge in [-0.1, -0.05) is 41.7 Å². The SMILES string of the molecule is O=c1[nH]c(CNC2CC(c3ccccc3)C2)cs1. The van der Waals surface area contributed by atoms with Gasteiger partial charge in [0.15, 0.2) is 0 Å². The minimum absolute atomic E-state index is 0.0302. The minimum Gasteiger partial charge on any atom is -0.315 e. The first kappa shape index (κ1) is 11.7. The summed E-state index contributed by atoms with van der Waals surface area (Å²) in [5.74, 6) is 0.699. The van der Waals surface area contributed by atoms with Gasteiger partial charge in [0, 0.05) is 23.7 Å². The van der Waals surface area contributed by atoms with Gasteiger partial charge in [-0.2, -0.15) is 0 Å². The van der Waals surface area contributed by atoms with Gasteiger partial charge in [0.05, 0.1) is 0 Å². The van der Waals surface area contributed by atoms with Gasteiger partial charge >= 0.3 is 4.87 Å². The molecule has 3 rings (SSSR count). The van der Waals surface area contributed by atoms with Crippen molar-refractivity contribution in [2.24, 2.45) is 0 Å². The minimum atomic E-state index is 0.0302. The number of thiazole rings is 1. The van der Waals surface area contributed by atoms with Crippen molar-refractivity contribution < 1.29 is 0 Å². The van der Waals surface area contributed by atoms with E-state index in [1.807, 2.05) is 5.38 Å². The third kappa shape index (κ3) is 2.54. The normalized spacial score (nSPS) is 22.7. The van der Waals surface area contributed by atoms with E-state index in [0.29, 0.717) is 12.0 Å². The fourth-order valence-corrected chi connectivity index (χ4v) is 3.02. The molecule has 0 aliphatic heterocycles. The molecule has 1 fully saturated rings. The number of rotatable bonds is 4. The van der Waals surface area contributed by atoms with Gasteiger partial charge in [0.25, 0.3) is 0 Å². The summed E-state index contributed by atoms with van der Waals surface area (Å²) in [6.07, 6.45) is 2.39. The Bertz CT molecular complexity index is 554. The average Bonchev–Trinajstić information content (AvgIpc) is 2.74. The quantitative estimate of drug-likeness (QED) is 0.887. The van der Waals surface area contributed by atoms with Crippen LogP contribution in [0.25, 0.3) is 0 Å². The van der Waals surface area contributed by atoms with E-state index in [2.05, 4.69) is 40.6 Å². The van der Waals surface area contributed by atoms with Crippen LogP contribution in [0.3, 0.4) is 0 Å². The highest BCUT2D eigenvalue weighted by Gasteiger charge is 2.29. The summed E-state index contributed by atoms with van der Waals surface area (Å²) >= 11 is 1.23. The molecular weight excluding hydrogens is 244 g/mol. The number of hydrogen-bond donors (Lipinski definition) is 2. The van der Waals surface area contributed by atoms with Crippen molar-refractivity contribution in [1.82, 2.24) is 10.3 Å². The molecule has 1 aliphatic rings. The molecule has 94 valence electrons. The molecule has 1 aromatic heterocycles. The summed E-state index contributed by atoms with van der Waals surface area (Å²) in [5.41, 5.74) is 2.44. The first-order valence-electron chi connectivity index (χ1n) is 6.26. The fraction of sp³-hybridized carbons (Fsp3) is 0.357. The highest BCUT2D eigenvalue weighted by Crippen LogP contribution is 2.36. The van der Waals surface area contributed by atoms with Gasteiger partial charge in [-0.05, 0) is 24.3 Å². The van der Waals surface area contributed by atoms with Gasteiger partial charge < -0.3 is 10.3 Å². The third-order valence-electron chi connectivity index (χ3n) is 3.56. The van der Waals surface area contributed by atoms with E-state index in [1.54, 1.807) is 0 Å². The smallest absolute Gasteiger partial charge is 0.304 e. The van der Waals surface area contributed by atoms with E-state index in [-0.39, 0.29) is 4.87 Å². The summed E-state index contributed by atoms with van der Waals surface area (Å²) in [6.45, 7) is 0.769. The maximum absolute atomic E-state index is 11.0. The molecule has 18 heavy (non-hydrogen) atoms. The molecule has 1 heterocycles. The molecule has 1 aromatic carbocycles. The standard InChI is InChI=1S/C14H16N2OS/c17-14-16-13(9-18-14)8-15-12-6-11(7-12)10-4-2-1-3-5-10/h1-5,9,11-12,15H,6-8H2,(H,16,17). The van der Waals surface area contributed by atoms with Crippen LogP contribution in [0.2, 0.25) is 0 Å². The van der Waals surface area contributed by atoms with Crippen molar-refractivity contribution in [3.63, 3.8) is 0 Å². The summed E-state index contributed by atoms with van der Waals surface area (Å²) in [4.78, 5) is 13.8. The van der Waals surface area contributed by atoms with Crippen LogP contribution in [0.4, 0.5) is 0 Å². The number of H-pyrrole nitrogens is 1. The Morgan fingerprint density at radius 1 is 1.28 bits per heavy atom. The first-order chi connectivity index (χ1) is 8.81. The van der Waals surface area contributed by atoms with Crippen LogP contribution in [-0.4, -0.2) is 11.0 Å². The van der Waals surface area contributed by atoms with Crippen LogP contribution >= 0.6 is 11.3 Å². The zero-order valence-electron chi connectivity index (χ0n) is 10.1. The van der Waals surface area contributed by atoms with Crippen molar-refractivity contribution in [2.45, 2.75) is 31.3 Å². The monoisotopic (exact) mass is 260 g/mol. The van der Waals surface area contributed by atoms with Crippen molar-refractivity contribution >= 4 is 11.3 Å². The fourth-order valence-electron chi connectivity index (χ4n) is 2.44. The van der Waals surface area contributed by atoms with E-state index in [9.17, 15) is 4.79 Å². The average molecular weight is 260 g/mol. The molecule has 3 nitrogen and oxygen atoms in total. The number of hydrogen-bond acceptors (Lipinski definition) is 3. The Balaban J connectivity index is 1.47. The van der Waals surface area contributed by atoms with Crippen LogP contribution in [0, 0.1) is 0 Å². The Morgan fingerprint density at radius 3 is 2.72 bits per heavy atom. The molecule has 0 atom stereocenters. The third-order valence-corrected chi connectivity index (χ3v) is 4.28. The molecule has 0 radical (unpaired) electrons. The largest absolute Gasteiger partial charge is 0.315 e. The van der Waals surface area contributed by atoms with Crippen LogP contribution < -0.4 is 10.2 Å².